The molecule has 3 rings (SSSR count). The van der Waals surface area contributed by atoms with Gasteiger partial charge in [-0.15, -0.1) is 11.8 Å². The van der Waals surface area contributed by atoms with E-state index in [-0.39, 0.29) is 0 Å². The highest BCUT2D eigenvalue weighted by Crippen LogP contribution is 2.36. The van der Waals surface area contributed by atoms with E-state index in [0.29, 0.717) is 0 Å². The van der Waals surface area contributed by atoms with Gasteiger partial charge in [0.05, 0.1) is 0 Å². The van der Waals surface area contributed by atoms with E-state index in [1.165, 1.54) is 30.6 Å². The van der Waals surface area contributed by atoms with Crippen LogP contribution in [0.3, 0.4) is 0 Å². The average molecular weight is 219 g/mol. The first kappa shape index (κ1) is 9.73. The molecule has 0 saturated carbocycles. The number of thioether (sulfide) groups is 1. The van der Waals surface area contributed by atoms with Crippen LogP contribution in [0.1, 0.15) is 25.7 Å². The van der Waals surface area contributed by atoms with E-state index in [0.717, 1.165) is 17.3 Å². The van der Waals surface area contributed by atoms with Crippen LogP contribution < -0.4 is 5.32 Å². The van der Waals surface area contributed by atoms with E-state index in [9.17, 15) is 0 Å². The van der Waals surface area contributed by atoms with Crippen LogP contribution >= 0.6 is 11.8 Å². The van der Waals surface area contributed by atoms with Crippen LogP contribution in [0.5, 0.6) is 0 Å². The van der Waals surface area contributed by atoms with Crippen molar-refractivity contribution in [3.63, 3.8) is 0 Å². The molecule has 3 atom stereocenters. The number of nitrogens with one attached hydrogen (secondary N) is 1. The van der Waals surface area contributed by atoms with Crippen LogP contribution in [-0.4, -0.2) is 17.3 Å². The molecule has 0 aromatic heterocycles. The van der Waals surface area contributed by atoms with Crippen LogP contribution in [0.4, 0.5) is 0 Å². The first-order chi connectivity index (χ1) is 7.40. The van der Waals surface area contributed by atoms with Crippen LogP contribution in [-0.2, 0) is 0 Å². The summed E-state index contributed by atoms with van der Waals surface area (Å²) in [4.78, 5) is 1.43. The van der Waals surface area contributed by atoms with Crippen molar-refractivity contribution in [3.05, 3.63) is 30.3 Å². The SMILES string of the molecule is c1ccc(SC2C[C@H]3CC[C@@H](C2)N3)cc1. The second kappa shape index (κ2) is 4.18. The quantitative estimate of drug-likeness (QED) is 0.820. The largest absolute Gasteiger partial charge is 0.311 e. The molecule has 2 heterocycles. The Morgan fingerprint density at radius 1 is 1.00 bits per heavy atom. The Morgan fingerprint density at radius 3 is 2.33 bits per heavy atom. The number of hydrogen-bond acceptors (Lipinski definition) is 2. The Hall–Kier alpha value is -0.470. The molecule has 0 aliphatic carbocycles. The van der Waals surface area contributed by atoms with Gasteiger partial charge < -0.3 is 5.32 Å². The number of piperidine rings is 1. The van der Waals surface area contributed by atoms with Crippen LogP contribution in [0.25, 0.3) is 0 Å². The van der Waals surface area contributed by atoms with Gasteiger partial charge in [0.1, 0.15) is 0 Å². The third kappa shape index (κ3) is 2.21. The summed E-state index contributed by atoms with van der Waals surface area (Å²) in [5, 5.41) is 4.53. The van der Waals surface area contributed by atoms with Crippen molar-refractivity contribution in [3.8, 4) is 0 Å². The van der Waals surface area contributed by atoms with Gasteiger partial charge in [-0.05, 0) is 37.8 Å². The van der Waals surface area contributed by atoms with Gasteiger partial charge in [0.2, 0.25) is 0 Å². The highest BCUT2D eigenvalue weighted by molar-refractivity contribution is 8.00. The molecule has 1 nitrogen and oxygen atoms in total. The first-order valence-electron chi connectivity index (χ1n) is 5.88. The number of benzene rings is 1. The predicted octanol–water partition coefficient (Wildman–Crippen LogP) is 3.06. The standard InChI is InChI=1S/C13H17NS/c1-2-4-12(5-3-1)15-13-8-10-6-7-11(9-13)14-10/h1-5,10-11,13-14H,6-9H2/t10-,11+,13?. The molecule has 1 aromatic carbocycles. The monoisotopic (exact) mass is 219 g/mol. The molecule has 2 saturated heterocycles. The van der Waals surface area contributed by atoms with Gasteiger partial charge in [-0.3, -0.25) is 0 Å². The maximum absolute atomic E-state index is 3.69. The summed E-state index contributed by atoms with van der Waals surface area (Å²) in [6.45, 7) is 0. The normalized spacial score (nSPS) is 34.3. The molecule has 15 heavy (non-hydrogen) atoms. The Morgan fingerprint density at radius 2 is 1.67 bits per heavy atom. The second-order valence-corrected chi connectivity index (χ2v) is 6.04. The molecule has 0 radical (unpaired) electrons. The minimum atomic E-state index is 0.810. The summed E-state index contributed by atoms with van der Waals surface area (Å²) < 4.78 is 0. The Balaban J connectivity index is 1.65. The van der Waals surface area contributed by atoms with Gasteiger partial charge in [-0.1, -0.05) is 18.2 Å². The van der Waals surface area contributed by atoms with Crippen molar-refractivity contribution in [2.75, 3.05) is 0 Å². The lowest BCUT2D eigenvalue weighted by Crippen LogP contribution is -2.39. The molecule has 0 spiro atoms. The molecular formula is C13H17NS. The molecule has 2 fully saturated rings. The fourth-order valence-corrected chi connectivity index (χ4v) is 4.15. The second-order valence-electron chi connectivity index (χ2n) is 4.66. The molecule has 2 aliphatic rings. The summed E-state index contributed by atoms with van der Waals surface area (Å²) in [6.07, 6.45) is 5.51. The lowest BCUT2D eigenvalue weighted by molar-refractivity contribution is 0.415. The zero-order valence-corrected chi connectivity index (χ0v) is 9.67. The highest BCUT2D eigenvalue weighted by atomic mass is 32.2. The molecule has 0 amide bonds. The summed E-state index contributed by atoms with van der Waals surface area (Å²) in [7, 11) is 0. The molecule has 80 valence electrons. The van der Waals surface area contributed by atoms with Gasteiger partial charge in [0, 0.05) is 22.2 Å². The van der Waals surface area contributed by atoms with E-state index in [2.05, 4.69) is 47.4 Å². The van der Waals surface area contributed by atoms with E-state index in [1.807, 2.05) is 0 Å². The van der Waals surface area contributed by atoms with Crippen molar-refractivity contribution < 1.29 is 0 Å². The van der Waals surface area contributed by atoms with E-state index in [4.69, 9.17) is 0 Å². The Labute approximate surface area is 95.6 Å². The van der Waals surface area contributed by atoms with Crippen LogP contribution in [0.2, 0.25) is 0 Å². The number of rotatable bonds is 2. The number of fused-ring (bicyclic) bond motifs is 2. The van der Waals surface area contributed by atoms with E-state index in [1.54, 1.807) is 0 Å². The van der Waals surface area contributed by atoms with Crippen LogP contribution in [0.15, 0.2) is 35.2 Å². The Bertz CT molecular complexity index is 313. The van der Waals surface area contributed by atoms with Gasteiger partial charge >= 0.3 is 0 Å². The van der Waals surface area contributed by atoms with Crippen LogP contribution in [0, 0.1) is 0 Å². The van der Waals surface area contributed by atoms with Crippen molar-refractivity contribution in [2.45, 2.75) is 47.9 Å². The van der Waals surface area contributed by atoms with Crippen molar-refractivity contribution in [1.29, 1.82) is 0 Å². The fourth-order valence-electron chi connectivity index (χ4n) is 2.79. The van der Waals surface area contributed by atoms with Gasteiger partial charge in [-0.2, -0.15) is 0 Å². The van der Waals surface area contributed by atoms with Gasteiger partial charge in [-0.25, -0.2) is 0 Å². The molecule has 2 heteroatoms. The zero-order valence-electron chi connectivity index (χ0n) is 8.86. The highest BCUT2D eigenvalue weighted by Gasteiger charge is 2.33. The van der Waals surface area contributed by atoms with Crippen molar-refractivity contribution in [2.24, 2.45) is 0 Å². The third-order valence-electron chi connectivity index (χ3n) is 3.48. The minimum absolute atomic E-state index is 0.810. The molecule has 1 aromatic rings. The van der Waals surface area contributed by atoms with Crippen molar-refractivity contribution >= 4 is 11.8 Å². The minimum Gasteiger partial charge on any atom is -0.311 e. The third-order valence-corrected chi connectivity index (χ3v) is 4.74. The van der Waals surface area contributed by atoms with Gasteiger partial charge in [0.25, 0.3) is 0 Å². The summed E-state index contributed by atoms with van der Waals surface area (Å²) in [5.41, 5.74) is 0. The fraction of sp³-hybridized carbons (Fsp3) is 0.538. The molecule has 2 aliphatic heterocycles. The molecule has 2 bridgehead atoms. The maximum Gasteiger partial charge on any atom is 0.0124 e. The summed E-state index contributed by atoms with van der Waals surface area (Å²) in [5.74, 6) is 0. The predicted molar refractivity (Wildman–Crippen MR) is 65.3 cm³/mol. The summed E-state index contributed by atoms with van der Waals surface area (Å²) in [6, 6.07) is 12.4. The molecular weight excluding hydrogens is 202 g/mol. The summed E-state index contributed by atoms with van der Waals surface area (Å²) >= 11 is 2.07. The average Bonchev–Trinajstić information content (AvgIpc) is 2.60. The lowest BCUT2D eigenvalue weighted by Gasteiger charge is -2.28. The lowest BCUT2D eigenvalue weighted by atomic mass is 10.1. The van der Waals surface area contributed by atoms with E-state index < -0.39 is 0 Å². The van der Waals surface area contributed by atoms with Gasteiger partial charge in [0.15, 0.2) is 0 Å². The molecule has 1 unspecified atom stereocenters. The molecule has 1 N–H and O–H groups in total. The maximum atomic E-state index is 3.69. The van der Waals surface area contributed by atoms with E-state index >= 15 is 0 Å². The zero-order chi connectivity index (χ0) is 10.1. The smallest absolute Gasteiger partial charge is 0.0124 e. The van der Waals surface area contributed by atoms with Crippen molar-refractivity contribution in [1.82, 2.24) is 5.32 Å². The number of hydrogen-bond donors (Lipinski definition) is 1. The topological polar surface area (TPSA) is 12.0 Å². The Kier molecular flexibility index (Phi) is 2.72. The first-order valence-corrected chi connectivity index (χ1v) is 6.76.